The Hall–Kier alpha value is -3.68. The number of benzene rings is 3. The Morgan fingerprint density at radius 2 is 1.59 bits per heavy atom. The van der Waals surface area contributed by atoms with Gasteiger partial charge >= 0.3 is 0 Å². The molecule has 10 atom stereocenters. The second-order valence-corrected chi connectivity index (χ2v) is 17.1. The molecule has 4 aliphatic carbocycles. The molecular formula is C44H57N3O4. The molecule has 3 aromatic carbocycles. The average Bonchev–Trinajstić information content (AvgIpc) is 3.49. The van der Waals surface area contributed by atoms with Crippen molar-refractivity contribution in [2.24, 2.45) is 46.3 Å². The van der Waals surface area contributed by atoms with E-state index in [1.165, 1.54) is 25.7 Å². The molecule has 7 nitrogen and oxygen atoms in total. The molecule has 4 aliphatic rings. The second-order valence-electron chi connectivity index (χ2n) is 17.1. The van der Waals surface area contributed by atoms with Gasteiger partial charge in [0.05, 0.1) is 23.6 Å². The van der Waals surface area contributed by atoms with Crippen LogP contribution in [0.5, 0.6) is 0 Å². The minimum Gasteiger partial charge on any atom is -0.397 e. The quantitative estimate of drug-likeness (QED) is 0.145. The van der Waals surface area contributed by atoms with Gasteiger partial charge in [-0.2, -0.15) is 0 Å². The predicted molar refractivity (Wildman–Crippen MR) is 204 cm³/mol. The molecule has 0 heterocycles. The van der Waals surface area contributed by atoms with Gasteiger partial charge < -0.3 is 26.6 Å². The number of fused-ring (bicyclic) bond motifs is 5. The van der Waals surface area contributed by atoms with Crippen molar-refractivity contribution in [3.8, 4) is 11.1 Å². The van der Waals surface area contributed by atoms with E-state index < -0.39 is 0 Å². The van der Waals surface area contributed by atoms with Gasteiger partial charge in [-0.05, 0) is 145 Å². The number of amides is 2. The first kappa shape index (κ1) is 35.7. The summed E-state index contributed by atoms with van der Waals surface area (Å²) in [5, 5.41) is 28.0. The van der Waals surface area contributed by atoms with Crippen molar-refractivity contribution in [3.05, 3.63) is 83.9 Å². The number of nitrogens with two attached hydrogens (primary N) is 1. The third kappa shape index (κ3) is 6.96. The number of hydrogen-bond donors (Lipinski definition) is 5. The van der Waals surface area contributed by atoms with Gasteiger partial charge in [0.25, 0.3) is 5.91 Å². The van der Waals surface area contributed by atoms with Gasteiger partial charge in [0, 0.05) is 18.5 Å². The topological polar surface area (TPSA) is 125 Å². The Balaban J connectivity index is 0.895. The van der Waals surface area contributed by atoms with Crippen molar-refractivity contribution in [2.45, 2.75) is 104 Å². The molecule has 7 heteroatoms. The van der Waals surface area contributed by atoms with Crippen LogP contribution in [-0.4, -0.2) is 34.2 Å². The number of carbonyl (C=O) groups is 2. The number of rotatable bonds is 9. The SMILES string of the molecule is C[C@H](CCC(=O)NCc1ccc(C(=O)Nc2cc(-c3ccccc3)ccc2N)cc1)[C@H]1CC[C@H]2[C@@H]3[C@@H](O)C[C@@H]4C[C@H](O)CC[C@]4(C)[C@H]3CC[C@]12C. The maximum atomic E-state index is 13.1. The zero-order valence-corrected chi connectivity index (χ0v) is 30.6. The van der Waals surface area contributed by atoms with Gasteiger partial charge in [0.15, 0.2) is 0 Å². The highest BCUT2D eigenvalue weighted by Crippen LogP contribution is 2.68. The molecular weight excluding hydrogens is 635 g/mol. The second kappa shape index (κ2) is 14.4. The minimum atomic E-state index is -0.262. The highest BCUT2D eigenvalue weighted by molar-refractivity contribution is 6.06. The van der Waals surface area contributed by atoms with Crippen LogP contribution in [0.2, 0.25) is 0 Å². The molecule has 0 aromatic heterocycles. The molecule has 272 valence electrons. The first-order valence-corrected chi connectivity index (χ1v) is 19.4. The van der Waals surface area contributed by atoms with Crippen LogP contribution in [0.4, 0.5) is 11.4 Å². The number of carbonyl (C=O) groups excluding carboxylic acids is 2. The minimum absolute atomic E-state index is 0.0574. The van der Waals surface area contributed by atoms with Gasteiger partial charge in [0.1, 0.15) is 0 Å². The lowest BCUT2D eigenvalue weighted by Crippen LogP contribution is -2.58. The highest BCUT2D eigenvalue weighted by atomic mass is 16.3. The van der Waals surface area contributed by atoms with Crippen LogP contribution in [-0.2, 0) is 11.3 Å². The summed E-state index contributed by atoms with van der Waals surface area (Å²) in [6, 6.07) is 22.9. The zero-order chi connectivity index (χ0) is 35.9. The molecule has 6 N–H and O–H groups in total. The van der Waals surface area contributed by atoms with E-state index in [1.807, 2.05) is 54.6 Å². The van der Waals surface area contributed by atoms with E-state index in [0.717, 1.165) is 48.8 Å². The van der Waals surface area contributed by atoms with Gasteiger partial charge in [-0.15, -0.1) is 0 Å². The van der Waals surface area contributed by atoms with Crippen LogP contribution in [0.15, 0.2) is 72.8 Å². The summed E-state index contributed by atoms with van der Waals surface area (Å²) < 4.78 is 0. The first-order valence-electron chi connectivity index (χ1n) is 19.4. The van der Waals surface area contributed by atoms with Crippen LogP contribution >= 0.6 is 0 Å². The van der Waals surface area contributed by atoms with Crippen molar-refractivity contribution in [1.82, 2.24) is 5.32 Å². The summed E-state index contributed by atoms with van der Waals surface area (Å²) in [6.45, 7) is 7.72. The summed E-state index contributed by atoms with van der Waals surface area (Å²) in [6.07, 6.45) is 9.33. The third-order valence-corrected chi connectivity index (χ3v) is 14.4. The van der Waals surface area contributed by atoms with Crippen LogP contribution in [0.1, 0.15) is 101 Å². The van der Waals surface area contributed by atoms with E-state index >= 15 is 0 Å². The fourth-order valence-corrected chi connectivity index (χ4v) is 11.5. The van der Waals surface area contributed by atoms with Crippen molar-refractivity contribution in [2.75, 3.05) is 11.1 Å². The van der Waals surface area contributed by atoms with Gasteiger partial charge in [-0.25, -0.2) is 0 Å². The molecule has 0 radical (unpaired) electrons. The Bertz CT molecular complexity index is 1710. The van der Waals surface area contributed by atoms with E-state index in [2.05, 4.69) is 31.4 Å². The van der Waals surface area contributed by atoms with Crippen LogP contribution in [0, 0.1) is 46.3 Å². The number of hydrogen-bond acceptors (Lipinski definition) is 5. The summed E-state index contributed by atoms with van der Waals surface area (Å²) in [5.41, 5.74) is 11.2. The molecule has 2 amide bonds. The fourth-order valence-electron chi connectivity index (χ4n) is 11.5. The largest absolute Gasteiger partial charge is 0.397 e. The Labute approximate surface area is 303 Å². The molecule has 4 saturated carbocycles. The van der Waals surface area contributed by atoms with Gasteiger partial charge in [-0.3, -0.25) is 9.59 Å². The number of anilines is 2. The van der Waals surface area contributed by atoms with Crippen LogP contribution < -0.4 is 16.4 Å². The highest BCUT2D eigenvalue weighted by Gasteiger charge is 2.62. The van der Waals surface area contributed by atoms with E-state index in [4.69, 9.17) is 5.73 Å². The third-order valence-electron chi connectivity index (χ3n) is 14.4. The van der Waals surface area contributed by atoms with Crippen LogP contribution in [0.25, 0.3) is 11.1 Å². The van der Waals surface area contributed by atoms with Crippen molar-refractivity contribution >= 4 is 23.2 Å². The monoisotopic (exact) mass is 691 g/mol. The van der Waals surface area contributed by atoms with E-state index in [-0.39, 0.29) is 34.9 Å². The molecule has 4 fully saturated rings. The van der Waals surface area contributed by atoms with Gasteiger partial charge in [-0.1, -0.05) is 69.3 Å². The predicted octanol–water partition coefficient (Wildman–Crippen LogP) is 8.21. The number of aliphatic hydroxyl groups excluding tert-OH is 2. The lowest BCUT2D eigenvalue weighted by molar-refractivity contribution is -0.174. The number of nitrogen functional groups attached to an aromatic ring is 1. The maximum Gasteiger partial charge on any atom is 0.255 e. The number of aliphatic hydroxyl groups is 2. The molecule has 3 aromatic rings. The summed E-state index contributed by atoms with van der Waals surface area (Å²) >= 11 is 0. The molecule has 0 spiro atoms. The maximum absolute atomic E-state index is 13.1. The Morgan fingerprint density at radius 1 is 0.863 bits per heavy atom. The zero-order valence-electron chi connectivity index (χ0n) is 30.6. The molecule has 7 rings (SSSR count). The first-order chi connectivity index (χ1) is 24.5. The van der Waals surface area contributed by atoms with Crippen molar-refractivity contribution in [3.63, 3.8) is 0 Å². The molecule has 0 unspecified atom stereocenters. The van der Waals surface area contributed by atoms with Crippen molar-refractivity contribution < 1.29 is 19.8 Å². The van der Waals surface area contributed by atoms with E-state index in [9.17, 15) is 19.8 Å². The lowest BCUT2D eigenvalue weighted by atomic mass is 9.43. The summed E-state index contributed by atoms with van der Waals surface area (Å²) in [7, 11) is 0. The normalized spacial score (nSPS) is 33.3. The number of nitrogens with one attached hydrogen (secondary N) is 2. The van der Waals surface area contributed by atoms with E-state index in [0.29, 0.717) is 65.4 Å². The molecule has 0 bridgehead atoms. The summed E-state index contributed by atoms with van der Waals surface area (Å²) in [4.78, 5) is 26.1. The molecule has 0 saturated heterocycles. The molecule has 51 heavy (non-hydrogen) atoms. The molecule has 0 aliphatic heterocycles. The van der Waals surface area contributed by atoms with Crippen molar-refractivity contribution in [1.29, 1.82) is 0 Å². The Kier molecular flexibility index (Phi) is 10.1. The summed E-state index contributed by atoms with van der Waals surface area (Å²) in [5.74, 6) is 2.72. The Morgan fingerprint density at radius 3 is 2.35 bits per heavy atom. The lowest BCUT2D eigenvalue weighted by Gasteiger charge is -2.62. The van der Waals surface area contributed by atoms with E-state index in [1.54, 1.807) is 18.2 Å². The van der Waals surface area contributed by atoms with Gasteiger partial charge in [0.2, 0.25) is 5.91 Å². The standard InChI is InChI=1S/C44H57N3O4/c1-27(34-15-16-35-41-36(20-22-44(34,35)3)43(2)21-19-33(48)24-32(43)25-39(41)49)9-18-40(50)46-26-28-10-12-30(13-11-28)42(51)47-38-23-31(14-17-37(38)45)29-7-5-4-6-8-29/h4-8,10-14,17,23,27,32-36,39,41,48-49H,9,15-16,18-22,24-26,45H2,1-3H3,(H,46,50)(H,47,51)/t27-,32+,33-,34-,35+,36+,39+,41+,43+,44-/m1/s1. The smallest absolute Gasteiger partial charge is 0.255 e. The fraction of sp³-hybridized carbons (Fsp3) is 0.545. The van der Waals surface area contributed by atoms with Crippen LogP contribution in [0.3, 0.4) is 0 Å². The average molecular weight is 692 g/mol.